The van der Waals surface area contributed by atoms with Gasteiger partial charge >= 0.3 is 0 Å². The molecule has 6 heteroatoms. The molecule has 0 bridgehead atoms. The molecule has 0 saturated carbocycles. The average molecular weight is 798 g/mol. The van der Waals surface area contributed by atoms with E-state index in [4.69, 9.17) is 24.9 Å². The van der Waals surface area contributed by atoms with E-state index in [0.717, 1.165) is 61.5 Å². The molecular formula is C55H35N5S. The predicted octanol–water partition coefficient (Wildman–Crippen LogP) is 14.4. The van der Waals surface area contributed by atoms with Crippen molar-refractivity contribution < 1.29 is 0 Å². The smallest absolute Gasteiger partial charge is 0.164 e. The van der Waals surface area contributed by atoms with Gasteiger partial charge in [-0.25, -0.2) is 24.9 Å². The van der Waals surface area contributed by atoms with Crippen LogP contribution in [0.15, 0.2) is 212 Å². The number of aromatic nitrogens is 5. The predicted molar refractivity (Wildman–Crippen MR) is 252 cm³/mol. The first-order valence-electron chi connectivity index (χ1n) is 20.2. The zero-order valence-electron chi connectivity index (χ0n) is 32.9. The lowest BCUT2D eigenvalue weighted by molar-refractivity contribution is 1.07. The molecule has 0 unspecified atom stereocenters. The molecule has 8 aromatic carbocycles. The SMILES string of the molecule is c1ccc(-c2ccc(-c3cc(-c4cccc(-c5cccc(-c6nc(-c7ccccc7)nc(-c7ccc8c(c7)sc7ccccc78)n6)c5)c4)nc(-c4ccccc4)n3)cc2)cc1. The molecule has 0 N–H and O–H groups in total. The summed E-state index contributed by atoms with van der Waals surface area (Å²) < 4.78 is 2.47. The van der Waals surface area contributed by atoms with E-state index in [-0.39, 0.29) is 0 Å². The van der Waals surface area contributed by atoms with Gasteiger partial charge in [0.1, 0.15) is 0 Å². The summed E-state index contributed by atoms with van der Waals surface area (Å²) in [7, 11) is 0. The minimum atomic E-state index is 0.615. The van der Waals surface area contributed by atoms with E-state index in [1.54, 1.807) is 11.3 Å². The third kappa shape index (κ3) is 7.26. The Labute approximate surface area is 357 Å². The van der Waals surface area contributed by atoms with E-state index in [1.807, 2.05) is 54.6 Å². The van der Waals surface area contributed by atoms with Crippen LogP contribution in [-0.4, -0.2) is 24.9 Å². The molecule has 3 heterocycles. The third-order valence-electron chi connectivity index (χ3n) is 11.0. The van der Waals surface area contributed by atoms with Crippen LogP contribution in [0.5, 0.6) is 0 Å². The van der Waals surface area contributed by atoms with Crippen molar-refractivity contribution in [2.45, 2.75) is 0 Å². The Hall–Kier alpha value is -7.93. The highest BCUT2D eigenvalue weighted by Crippen LogP contribution is 2.37. The zero-order chi connectivity index (χ0) is 40.5. The standard InChI is InChI=1S/C55H35N5S/c1-4-14-36(15-5-1)37-26-28-38(29-27-37)48-35-49(57-52(56-48)39-16-6-2-7-17-39)43-22-12-20-41(32-43)42-21-13-23-44(33-42)54-58-53(40-18-8-3-9-19-40)59-55(60-54)45-30-31-47-46-24-10-11-25-50(46)61-51(47)34-45/h1-35H. The Morgan fingerprint density at radius 1 is 0.230 bits per heavy atom. The number of thiophene rings is 1. The molecule has 0 fully saturated rings. The summed E-state index contributed by atoms with van der Waals surface area (Å²) in [4.78, 5) is 25.4. The van der Waals surface area contributed by atoms with Gasteiger partial charge in [-0.2, -0.15) is 0 Å². The summed E-state index contributed by atoms with van der Waals surface area (Å²) in [5.74, 6) is 2.57. The quantitative estimate of drug-likeness (QED) is 0.153. The van der Waals surface area contributed by atoms with Crippen molar-refractivity contribution in [3.05, 3.63) is 212 Å². The lowest BCUT2D eigenvalue weighted by atomic mass is 9.98. The first kappa shape index (κ1) is 36.2. The lowest BCUT2D eigenvalue weighted by Crippen LogP contribution is -2.00. The fraction of sp³-hybridized carbons (Fsp3) is 0. The topological polar surface area (TPSA) is 64.5 Å². The molecule has 0 aliphatic carbocycles. The van der Waals surface area contributed by atoms with Gasteiger partial charge in [-0.15, -0.1) is 11.3 Å². The monoisotopic (exact) mass is 797 g/mol. The van der Waals surface area contributed by atoms with Crippen molar-refractivity contribution in [1.29, 1.82) is 0 Å². The van der Waals surface area contributed by atoms with E-state index in [0.29, 0.717) is 23.3 Å². The first-order chi connectivity index (χ1) is 30.2. The van der Waals surface area contributed by atoms with Crippen molar-refractivity contribution >= 4 is 31.5 Å². The Morgan fingerprint density at radius 3 is 1.30 bits per heavy atom. The minimum absolute atomic E-state index is 0.615. The average Bonchev–Trinajstić information content (AvgIpc) is 3.73. The molecule has 11 aromatic rings. The zero-order valence-corrected chi connectivity index (χ0v) is 33.7. The van der Waals surface area contributed by atoms with Crippen molar-refractivity contribution in [1.82, 2.24) is 24.9 Å². The van der Waals surface area contributed by atoms with Gasteiger partial charge in [0, 0.05) is 53.6 Å². The molecule has 0 saturated heterocycles. The van der Waals surface area contributed by atoms with Crippen molar-refractivity contribution in [3.8, 4) is 90.3 Å². The summed E-state index contributed by atoms with van der Waals surface area (Å²) in [5, 5.41) is 2.51. The fourth-order valence-electron chi connectivity index (χ4n) is 7.83. The summed E-state index contributed by atoms with van der Waals surface area (Å²) in [6.07, 6.45) is 0. The van der Waals surface area contributed by atoms with Crippen LogP contribution in [0.4, 0.5) is 0 Å². The Bertz CT molecular complexity index is 3350. The summed E-state index contributed by atoms with van der Waals surface area (Å²) in [6.45, 7) is 0. The molecule has 61 heavy (non-hydrogen) atoms. The largest absolute Gasteiger partial charge is 0.228 e. The van der Waals surface area contributed by atoms with Crippen molar-refractivity contribution in [2.75, 3.05) is 0 Å². The molecule has 5 nitrogen and oxygen atoms in total. The molecule has 11 rings (SSSR count). The molecule has 286 valence electrons. The van der Waals surface area contributed by atoms with Gasteiger partial charge < -0.3 is 0 Å². The Morgan fingerprint density at radius 2 is 0.639 bits per heavy atom. The number of nitrogens with zero attached hydrogens (tertiary/aromatic N) is 5. The summed E-state index contributed by atoms with van der Waals surface area (Å²) in [5.41, 5.74) is 11.9. The molecule has 0 spiro atoms. The molecule has 0 atom stereocenters. The van der Waals surface area contributed by atoms with Crippen LogP contribution < -0.4 is 0 Å². The molecule has 0 aliphatic heterocycles. The maximum atomic E-state index is 5.14. The number of hydrogen-bond donors (Lipinski definition) is 0. The summed E-state index contributed by atoms with van der Waals surface area (Å²) >= 11 is 1.79. The number of rotatable bonds is 8. The minimum Gasteiger partial charge on any atom is -0.228 e. The normalized spacial score (nSPS) is 11.3. The van der Waals surface area contributed by atoms with Crippen LogP contribution in [0.25, 0.3) is 110 Å². The van der Waals surface area contributed by atoms with E-state index < -0.39 is 0 Å². The van der Waals surface area contributed by atoms with Crippen LogP contribution in [0.3, 0.4) is 0 Å². The second kappa shape index (κ2) is 15.7. The van der Waals surface area contributed by atoms with Gasteiger partial charge in [-0.05, 0) is 52.6 Å². The number of hydrogen-bond acceptors (Lipinski definition) is 6. The molecule has 0 aliphatic rings. The number of fused-ring (bicyclic) bond motifs is 3. The van der Waals surface area contributed by atoms with Crippen molar-refractivity contribution in [3.63, 3.8) is 0 Å². The second-order valence-electron chi connectivity index (χ2n) is 14.9. The van der Waals surface area contributed by atoms with Crippen LogP contribution in [0, 0.1) is 0 Å². The molecule has 3 aromatic heterocycles. The molecular weight excluding hydrogens is 763 g/mol. The fourth-order valence-corrected chi connectivity index (χ4v) is 8.98. The maximum Gasteiger partial charge on any atom is 0.164 e. The van der Waals surface area contributed by atoms with Gasteiger partial charge in [-0.3, -0.25) is 0 Å². The maximum absolute atomic E-state index is 5.14. The van der Waals surface area contributed by atoms with Crippen LogP contribution >= 0.6 is 11.3 Å². The highest BCUT2D eigenvalue weighted by Gasteiger charge is 2.16. The van der Waals surface area contributed by atoms with Gasteiger partial charge in [0.2, 0.25) is 0 Å². The Kier molecular flexibility index (Phi) is 9.30. The number of benzene rings is 8. The van der Waals surface area contributed by atoms with Crippen LogP contribution in [-0.2, 0) is 0 Å². The van der Waals surface area contributed by atoms with Crippen LogP contribution in [0.1, 0.15) is 0 Å². The van der Waals surface area contributed by atoms with Gasteiger partial charge in [-0.1, -0.05) is 182 Å². The lowest BCUT2D eigenvalue weighted by Gasteiger charge is -2.12. The van der Waals surface area contributed by atoms with Crippen molar-refractivity contribution in [2.24, 2.45) is 0 Å². The van der Waals surface area contributed by atoms with Crippen LogP contribution in [0.2, 0.25) is 0 Å². The van der Waals surface area contributed by atoms with E-state index >= 15 is 0 Å². The highest BCUT2D eigenvalue weighted by atomic mass is 32.1. The first-order valence-corrected chi connectivity index (χ1v) is 21.0. The van der Waals surface area contributed by atoms with Gasteiger partial charge in [0.05, 0.1) is 11.4 Å². The Balaban J connectivity index is 0.977. The molecule has 0 radical (unpaired) electrons. The van der Waals surface area contributed by atoms with E-state index in [9.17, 15) is 0 Å². The van der Waals surface area contributed by atoms with E-state index in [1.165, 1.54) is 25.7 Å². The third-order valence-corrected chi connectivity index (χ3v) is 12.1. The summed E-state index contributed by atoms with van der Waals surface area (Å²) in [6, 6.07) is 73.5. The molecule has 0 amide bonds. The van der Waals surface area contributed by atoms with E-state index in [2.05, 4.69) is 158 Å². The van der Waals surface area contributed by atoms with Gasteiger partial charge in [0.15, 0.2) is 23.3 Å². The van der Waals surface area contributed by atoms with Gasteiger partial charge in [0.25, 0.3) is 0 Å². The second-order valence-corrected chi connectivity index (χ2v) is 16.0. The highest BCUT2D eigenvalue weighted by molar-refractivity contribution is 7.25.